The van der Waals surface area contributed by atoms with Crippen LogP contribution in [-0.4, -0.2) is 34.9 Å². The Hall–Kier alpha value is -2.47. The highest BCUT2D eigenvalue weighted by Gasteiger charge is 2.21. The smallest absolute Gasteiger partial charge is 0.189 e. The van der Waals surface area contributed by atoms with E-state index in [1.807, 2.05) is 12.1 Å². The van der Waals surface area contributed by atoms with Gasteiger partial charge in [0.25, 0.3) is 0 Å². The second kappa shape index (κ2) is 6.97. The molecule has 6 heteroatoms. The van der Waals surface area contributed by atoms with E-state index in [1.165, 1.54) is 18.0 Å². The number of nitrogens with zero attached hydrogens (tertiary/aromatic N) is 3. The van der Waals surface area contributed by atoms with Gasteiger partial charge in [0.05, 0.1) is 0 Å². The number of nitrogens with two attached hydrogens (primary N) is 2. The van der Waals surface area contributed by atoms with Crippen molar-refractivity contribution in [3.63, 3.8) is 0 Å². The summed E-state index contributed by atoms with van der Waals surface area (Å²) in [5.41, 5.74) is 15.3. The molecular weight excluding hydrogens is 302 g/mol. The zero-order chi connectivity index (χ0) is 17.1. The Morgan fingerprint density at radius 1 is 1.25 bits per heavy atom. The van der Waals surface area contributed by atoms with Gasteiger partial charge in [-0.25, -0.2) is 9.97 Å². The Labute approximate surface area is 141 Å². The molecule has 126 valence electrons. The van der Waals surface area contributed by atoms with Crippen LogP contribution in [0.3, 0.4) is 0 Å². The second-order valence-corrected chi connectivity index (χ2v) is 6.35. The van der Waals surface area contributed by atoms with E-state index in [1.54, 1.807) is 0 Å². The Morgan fingerprint density at radius 2 is 1.96 bits per heavy atom. The molecule has 0 amide bonds. The summed E-state index contributed by atoms with van der Waals surface area (Å²) in [5, 5.41) is 0. The number of nitrogen functional groups attached to an aromatic ring is 1. The molecule has 1 aromatic carbocycles. The third-order valence-electron chi connectivity index (χ3n) is 4.46. The Bertz CT molecular complexity index is 738. The van der Waals surface area contributed by atoms with E-state index >= 15 is 0 Å². The maximum absolute atomic E-state index is 12.6. The molecule has 2 heterocycles. The number of anilines is 2. The van der Waals surface area contributed by atoms with Crippen molar-refractivity contribution in [2.75, 3.05) is 23.7 Å². The number of Topliss-reactive ketones (excluding diaryl/α,β-unsaturated/α-hetero) is 1. The number of hydrogen-bond donors (Lipinski definition) is 2. The fourth-order valence-corrected chi connectivity index (χ4v) is 3.08. The maximum atomic E-state index is 12.6. The molecule has 1 fully saturated rings. The van der Waals surface area contributed by atoms with Gasteiger partial charge >= 0.3 is 0 Å². The molecule has 1 aromatic heterocycles. The monoisotopic (exact) mass is 325 g/mol. The summed E-state index contributed by atoms with van der Waals surface area (Å²) in [4.78, 5) is 22.9. The van der Waals surface area contributed by atoms with Crippen molar-refractivity contribution in [3.05, 3.63) is 47.4 Å². The molecule has 0 bridgehead atoms. The van der Waals surface area contributed by atoms with E-state index < -0.39 is 0 Å². The number of rotatable bonds is 4. The third kappa shape index (κ3) is 3.54. The summed E-state index contributed by atoms with van der Waals surface area (Å²) in [6.07, 6.45) is 5.18. The molecule has 0 aliphatic carbocycles. The fourth-order valence-electron chi connectivity index (χ4n) is 3.08. The molecule has 4 N–H and O–H groups in total. The lowest BCUT2D eigenvalue weighted by molar-refractivity contribution is 0.0989. The van der Waals surface area contributed by atoms with Gasteiger partial charge in [0.15, 0.2) is 11.6 Å². The van der Waals surface area contributed by atoms with Crippen LogP contribution in [0.4, 0.5) is 11.5 Å². The predicted molar refractivity (Wildman–Crippen MR) is 95.1 cm³/mol. The summed E-state index contributed by atoms with van der Waals surface area (Å²) in [6, 6.07) is 6.46. The first-order chi connectivity index (χ1) is 11.5. The van der Waals surface area contributed by atoms with E-state index in [0.717, 1.165) is 37.2 Å². The van der Waals surface area contributed by atoms with E-state index in [0.29, 0.717) is 0 Å². The maximum Gasteiger partial charge on any atom is 0.189 e. The van der Waals surface area contributed by atoms with Crippen molar-refractivity contribution in [3.8, 4) is 0 Å². The van der Waals surface area contributed by atoms with Crippen LogP contribution in [0, 0.1) is 6.92 Å². The molecule has 0 atom stereocenters. The normalized spacial score (nSPS) is 15.5. The third-order valence-corrected chi connectivity index (χ3v) is 4.46. The zero-order valence-electron chi connectivity index (χ0n) is 13.9. The highest BCUT2D eigenvalue weighted by Crippen LogP contribution is 2.27. The van der Waals surface area contributed by atoms with Gasteiger partial charge in [-0.3, -0.25) is 4.79 Å². The topological polar surface area (TPSA) is 98.1 Å². The minimum atomic E-state index is -0.112. The first-order valence-corrected chi connectivity index (χ1v) is 8.24. The summed E-state index contributed by atoms with van der Waals surface area (Å²) in [7, 11) is 0. The average molecular weight is 325 g/mol. The van der Waals surface area contributed by atoms with Crippen LogP contribution in [-0.2, 0) is 6.42 Å². The van der Waals surface area contributed by atoms with Crippen LogP contribution in [0.25, 0.3) is 0 Å². The number of ketones is 1. The van der Waals surface area contributed by atoms with Gasteiger partial charge in [-0.15, -0.1) is 0 Å². The lowest BCUT2D eigenvalue weighted by atomic mass is 9.99. The summed E-state index contributed by atoms with van der Waals surface area (Å²) < 4.78 is 0. The summed E-state index contributed by atoms with van der Waals surface area (Å²) in [6.45, 7) is 3.89. The molecule has 0 radical (unpaired) electrons. The fraction of sp³-hybridized carbons (Fsp3) is 0.389. The molecule has 0 saturated carbocycles. The van der Waals surface area contributed by atoms with Gasteiger partial charge in [-0.2, -0.15) is 0 Å². The average Bonchev–Trinajstić information content (AvgIpc) is 2.57. The lowest BCUT2D eigenvalue weighted by Crippen LogP contribution is -2.40. The number of carbonyl (C=O) groups excluding carboxylic acids is 1. The summed E-state index contributed by atoms with van der Waals surface area (Å²) >= 11 is 0. The standard InChI is InChI=1S/C18H23N5O/c1-12-2-3-13(11-16(24)17-18(20)22-7-6-21-17)15(10-12)23-8-4-14(19)5-9-23/h2-3,6-7,10,14H,4-5,8-9,11,19H2,1H3,(H2,20,22). The van der Waals surface area contributed by atoms with E-state index in [2.05, 4.69) is 27.9 Å². The van der Waals surface area contributed by atoms with Crippen LogP contribution in [0.1, 0.15) is 34.5 Å². The number of benzene rings is 1. The van der Waals surface area contributed by atoms with Gasteiger partial charge in [0.1, 0.15) is 5.69 Å². The molecule has 1 saturated heterocycles. The van der Waals surface area contributed by atoms with Gasteiger partial charge in [0.2, 0.25) is 0 Å². The molecule has 1 aliphatic heterocycles. The van der Waals surface area contributed by atoms with Gasteiger partial charge < -0.3 is 16.4 Å². The number of carbonyl (C=O) groups is 1. The van der Waals surface area contributed by atoms with Crippen molar-refractivity contribution in [1.29, 1.82) is 0 Å². The van der Waals surface area contributed by atoms with Crippen LogP contribution >= 0.6 is 0 Å². The predicted octanol–water partition coefficient (Wildman–Crippen LogP) is 1.72. The molecule has 1 aliphatic rings. The van der Waals surface area contributed by atoms with Crippen molar-refractivity contribution in [2.45, 2.75) is 32.2 Å². The van der Waals surface area contributed by atoms with Crippen LogP contribution in [0.15, 0.2) is 30.6 Å². The highest BCUT2D eigenvalue weighted by molar-refractivity contribution is 5.99. The quantitative estimate of drug-likeness (QED) is 0.831. The first-order valence-electron chi connectivity index (χ1n) is 8.24. The van der Waals surface area contributed by atoms with Gasteiger partial charge in [-0.05, 0) is 37.0 Å². The Balaban J connectivity index is 1.85. The largest absolute Gasteiger partial charge is 0.382 e. The van der Waals surface area contributed by atoms with E-state index in [-0.39, 0.29) is 29.8 Å². The SMILES string of the molecule is Cc1ccc(CC(=O)c2nccnc2N)c(N2CCC(N)CC2)c1. The highest BCUT2D eigenvalue weighted by atomic mass is 16.1. The minimum absolute atomic E-state index is 0.112. The molecule has 2 aromatic rings. The van der Waals surface area contributed by atoms with Gasteiger partial charge in [-0.1, -0.05) is 12.1 Å². The number of hydrogen-bond acceptors (Lipinski definition) is 6. The van der Waals surface area contributed by atoms with Gasteiger partial charge in [0, 0.05) is 43.6 Å². The Kier molecular flexibility index (Phi) is 4.76. The van der Waals surface area contributed by atoms with Crippen molar-refractivity contribution < 1.29 is 4.79 Å². The van der Waals surface area contributed by atoms with E-state index in [4.69, 9.17) is 11.5 Å². The Morgan fingerprint density at radius 3 is 2.67 bits per heavy atom. The lowest BCUT2D eigenvalue weighted by Gasteiger charge is -2.33. The minimum Gasteiger partial charge on any atom is -0.382 e. The molecule has 24 heavy (non-hydrogen) atoms. The molecule has 0 unspecified atom stereocenters. The number of aryl methyl sites for hydroxylation is 1. The first kappa shape index (κ1) is 16.4. The van der Waals surface area contributed by atoms with Crippen LogP contribution in [0.2, 0.25) is 0 Å². The number of piperidine rings is 1. The second-order valence-electron chi connectivity index (χ2n) is 6.35. The van der Waals surface area contributed by atoms with E-state index in [9.17, 15) is 4.79 Å². The molecule has 0 spiro atoms. The molecule has 6 nitrogen and oxygen atoms in total. The molecule has 3 rings (SSSR count). The zero-order valence-corrected chi connectivity index (χ0v) is 13.9. The summed E-state index contributed by atoms with van der Waals surface area (Å²) in [5.74, 6) is 0.0690. The number of aromatic nitrogens is 2. The van der Waals surface area contributed by atoms with Crippen molar-refractivity contribution in [1.82, 2.24) is 9.97 Å². The molecular formula is C18H23N5O. The van der Waals surface area contributed by atoms with Crippen LogP contribution < -0.4 is 16.4 Å². The van der Waals surface area contributed by atoms with Crippen molar-refractivity contribution in [2.24, 2.45) is 5.73 Å². The van der Waals surface area contributed by atoms with Crippen LogP contribution in [0.5, 0.6) is 0 Å². The van der Waals surface area contributed by atoms with Crippen molar-refractivity contribution >= 4 is 17.3 Å².